The summed E-state index contributed by atoms with van der Waals surface area (Å²) in [5.74, 6) is 0.796. The van der Waals surface area contributed by atoms with E-state index >= 15 is 0 Å². The first-order chi connectivity index (χ1) is 8.83. The molecule has 3 heteroatoms. The fraction of sp³-hybridized carbons (Fsp3) is 0.133. The van der Waals surface area contributed by atoms with Gasteiger partial charge < -0.3 is 10.2 Å². The van der Waals surface area contributed by atoms with Gasteiger partial charge in [0.05, 0.1) is 17.8 Å². The third-order valence-electron chi connectivity index (χ3n) is 2.99. The Morgan fingerprint density at radius 1 is 1.06 bits per heavy atom. The third-order valence-corrected chi connectivity index (χ3v) is 2.99. The predicted octanol–water partition coefficient (Wildman–Crippen LogP) is 3.07. The van der Waals surface area contributed by atoms with Crippen LogP contribution in [0.25, 0.3) is 10.9 Å². The number of aromatic nitrogens is 1. The normalized spacial score (nSPS) is 12.7. The second-order valence-electron chi connectivity index (χ2n) is 4.32. The second-order valence-corrected chi connectivity index (χ2v) is 4.32. The molecule has 0 aliphatic carbocycles. The molecule has 3 aromatic rings. The summed E-state index contributed by atoms with van der Waals surface area (Å²) in [6.45, 7) is 0. The second kappa shape index (κ2) is 4.63. The first-order valence-corrected chi connectivity index (χ1v) is 5.96. The van der Waals surface area contributed by atoms with Gasteiger partial charge in [-0.3, -0.25) is 4.98 Å². The molecule has 0 spiro atoms. The van der Waals surface area contributed by atoms with Crippen molar-refractivity contribution in [2.75, 3.05) is 0 Å². The van der Waals surface area contributed by atoms with Crippen LogP contribution in [0.3, 0.4) is 0 Å². The van der Waals surface area contributed by atoms with E-state index < -0.39 is 0 Å². The van der Waals surface area contributed by atoms with E-state index in [9.17, 15) is 0 Å². The molecule has 0 fully saturated rings. The van der Waals surface area contributed by atoms with Gasteiger partial charge in [0.1, 0.15) is 5.76 Å². The number of para-hydroxylation sites is 1. The predicted molar refractivity (Wildman–Crippen MR) is 71.1 cm³/mol. The Kier molecular flexibility index (Phi) is 2.82. The van der Waals surface area contributed by atoms with Crippen LogP contribution in [-0.2, 0) is 6.42 Å². The van der Waals surface area contributed by atoms with Crippen molar-refractivity contribution < 1.29 is 4.42 Å². The van der Waals surface area contributed by atoms with Crippen LogP contribution in [0.2, 0.25) is 0 Å². The van der Waals surface area contributed by atoms with Gasteiger partial charge >= 0.3 is 0 Å². The summed E-state index contributed by atoms with van der Waals surface area (Å²) in [6, 6.07) is 15.8. The molecule has 0 saturated heterocycles. The summed E-state index contributed by atoms with van der Waals surface area (Å²) in [6.07, 6.45) is 2.32. The van der Waals surface area contributed by atoms with Crippen molar-refractivity contribution in [3.63, 3.8) is 0 Å². The minimum Gasteiger partial charge on any atom is -0.468 e. The Labute approximate surface area is 105 Å². The number of benzene rings is 1. The Morgan fingerprint density at radius 2 is 1.94 bits per heavy atom. The third kappa shape index (κ3) is 2.13. The lowest BCUT2D eigenvalue weighted by Gasteiger charge is -2.08. The molecule has 0 aliphatic heterocycles. The van der Waals surface area contributed by atoms with E-state index in [4.69, 9.17) is 10.2 Å². The lowest BCUT2D eigenvalue weighted by atomic mass is 10.1. The highest BCUT2D eigenvalue weighted by molar-refractivity contribution is 5.78. The number of rotatable bonds is 3. The molecule has 0 saturated carbocycles. The zero-order valence-corrected chi connectivity index (χ0v) is 9.91. The van der Waals surface area contributed by atoms with Crippen molar-refractivity contribution in [1.82, 2.24) is 4.98 Å². The van der Waals surface area contributed by atoms with E-state index in [0.717, 1.165) is 22.4 Å². The van der Waals surface area contributed by atoms with Crippen LogP contribution < -0.4 is 5.73 Å². The van der Waals surface area contributed by atoms with E-state index in [1.165, 1.54) is 0 Å². The molecule has 0 radical (unpaired) electrons. The van der Waals surface area contributed by atoms with Crippen LogP contribution in [0.1, 0.15) is 17.5 Å². The lowest BCUT2D eigenvalue weighted by Crippen LogP contribution is -2.13. The first-order valence-electron chi connectivity index (χ1n) is 5.96. The summed E-state index contributed by atoms with van der Waals surface area (Å²) < 4.78 is 5.30. The van der Waals surface area contributed by atoms with Crippen LogP contribution >= 0.6 is 0 Å². The van der Waals surface area contributed by atoms with Crippen LogP contribution in [0.15, 0.2) is 59.2 Å². The molecule has 1 atom stereocenters. The Bertz CT molecular complexity index is 646. The van der Waals surface area contributed by atoms with Gasteiger partial charge in [-0.1, -0.05) is 24.3 Å². The standard InChI is InChI=1S/C15H14N2O/c16-13(15-6-3-9-18-15)10-12-8-7-11-4-1-2-5-14(11)17-12/h1-9,13H,10,16H2. The van der Waals surface area contributed by atoms with Crippen LogP contribution in [-0.4, -0.2) is 4.98 Å². The number of pyridine rings is 1. The minimum atomic E-state index is -0.145. The molecule has 0 amide bonds. The number of hydrogen-bond acceptors (Lipinski definition) is 3. The Morgan fingerprint density at radius 3 is 2.78 bits per heavy atom. The van der Waals surface area contributed by atoms with E-state index in [2.05, 4.69) is 17.1 Å². The first kappa shape index (κ1) is 11.0. The van der Waals surface area contributed by atoms with Crippen molar-refractivity contribution in [3.8, 4) is 0 Å². The van der Waals surface area contributed by atoms with Gasteiger partial charge in [-0.25, -0.2) is 0 Å². The molecule has 2 heterocycles. The maximum atomic E-state index is 6.08. The number of hydrogen-bond donors (Lipinski definition) is 1. The summed E-state index contributed by atoms with van der Waals surface area (Å²) in [5.41, 5.74) is 8.07. The smallest absolute Gasteiger partial charge is 0.120 e. The van der Waals surface area contributed by atoms with E-state index in [-0.39, 0.29) is 6.04 Å². The molecule has 2 aromatic heterocycles. The highest BCUT2D eigenvalue weighted by Gasteiger charge is 2.10. The average Bonchev–Trinajstić information content (AvgIpc) is 2.92. The van der Waals surface area contributed by atoms with E-state index in [0.29, 0.717) is 6.42 Å². The van der Waals surface area contributed by atoms with Crippen molar-refractivity contribution in [3.05, 3.63) is 66.2 Å². The van der Waals surface area contributed by atoms with Gasteiger partial charge in [-0.2, -0.15) is 0 Å². The SMILES string of the molecule is NC(Cc1ccc2ccccc2n1)c1ccco1. The van der Waals surface area contributed by atoms with Crippen LogP contribution in [0, 0.1) is 0 Å². The summed E-state index contributed by atoms with van der Waals surface area (Å²) in [7, 11) is 0. The maximum absolute atomic E-state index is 6.08. The fourth-order valence-corrected chi connectivity index (χ4v) is 2.05. The molecular formula is C15H14N2O. The van der Waals surface area contributed by atoms with Gasteiger partial charge in [-0.05, 0) is 24.3 Å². The van der Waals surface area contributed by atoms with Crippen molar-refractivity contribution in [1.29, 1.82) is 0 Å². The highest BCUT2D eigenvalue weighted by Crippen LogP contribution is 2.18. The maximum Gasteiger partial charge on any atom is 0.120 e. The monoisotopic (exact) mass is 238 g/mol. The summed E-state index contributed by atoms with van der Waals surface area (Å²) >= 11 is 0. The number of nitrogens with two attached hydrogens (primary N) is 1. The topological polar surface area (TPSA) is 52.0 Å². The van der Waals surface area contributed by atoms with Gasteiger partial charge in [0.15, 0.2) is 0 Å². The highest BCUT2D eigenvalue weighted by atomic mass is 16.3. The lowest BCUT2D eigenvalue weighted by molar-refractivity contribution is 0.463. The molecule has 1 unspecified atom stereocenters. The van der Waals surface area contributed by atoms with Crippen molar-refractivity contribution in [2.24, 2.45) is 5.73 Å². The molecule has 1 aromatic carbocycles. The van der Waals surface area contributed by atoms with Gasteiger partial charge in [0.2, 0.25) is 0 Å². The molecule has 3 nitrogen and oxygen atoms in total. The van der Waals surface area contributed by atoms with Crippen LogP contribution in [0.4, 0.5) is 0 Å². The summed E-state index contributed by atoms with van der Waals surface area (Å²) in [5, 5.41) is 1.15. The number of nitrogens with zero attached hydrogens (tertiary/aromatic N) is 1. The molecule has 0 bridgehead atoms. The van der Waals surface area contributed by atoms with Crippen molar-refractivity contribution >= 4 is 10.9 Å². The van der Waals surface area contributed by atoms with E-state index in [1.54, 1.807) is 6.26 Å². The fourth-order valence-electron chi connectivity index (χ4n) is 2.05. The zero-order chi connectivity index (χ0) is 12.4. The van der Waals surface area contributed by atoms with Crippen molar-refractivity contribution in [2.45, 2.75) is 12.5 Å². The molecular weight excluding hydrogens is 224 g/mol. The molecule has 18 heavy (non-hydrogen) atoms. The summed E-state index contributed by atoms with van der Waals surface area (Å²) in [4.78, 5) is 4.60. The number of fused-ring (bicyclic) bond motifs is 1. The molecule has 2 N–H and O–H groups in total. The van der Waals surface area contributed by atoms with E-state index in [1.807, 2.05) is 36.4 Å². The molecule has 90 valence electrons. The number of furan rings is 1. The Balaban J connectivity index is 1.86. The minimum absolute atomic E-state index is 0.145. The average molecular weight is 238 g/mol. The Hall–Kier alpha value is -2.13. The van der Waals surface area contributed by atoms with Crippen LogP contribution in [0.5, 0.6) is 0 Å². The zero-order valence-electron chi connectivity index (χ0n) is 9.91. The largest absolute Gasteiger partial charge is 0.468 e. The van der Waals surface area contributed by atoms with Gasteiger partial charge in [0.25, 0.3) is 0 Å². The van der Waals surface area contributed by atoms with Gasteiger partial charge in [0, 0.05) is 17.5 Å². The molecule has 3 rings (SSSR count). The quantitative estimate of drug-likeness (QED) is 0.763. The molecule has 0 aliphatic rings. The van der Waals surface area contributed by atoms with Gasteiger partial charge in [-0.15, -0.1) is 0 Å².